The molecular weight excluding hydrogens is 250 g/mol. The average molecular weight is 271 g/mol. The predicted octanol–water partition coefficient (Wildman–Crippen LogP) is 3.62. The summed E-state index contributed by atoms with van der Waals surface area (Å²) in [6.07, 6.45) is 5.47. The van der Waals surface area contributed by atoms with Crippen molar-refractivity contribution in [2.45, 2.75) is 46.0 Å². The molecule has 106 valence electrons. The molecule has 1 heterocycles. The van der Waals surface area contributed by atoms with Crippen molar-refractivity contribution < 1.29 is 9.90 Å². The van der Waals surface area contributed by atoms with Crippen LogP contribution in [0, 0.1) is 12.8 Å². The van der Waals surface area contributed by atoms with Gasteiger partial charge in [-0.15, -0.1) is 0 Å². The maximum atomic E-state index is 11.1. The van der Waals surface area contributed by atoms with Crippen LogP contribution in [-0.4, -0.2) is 16.1 Å². The first-order valence-electron chi connectivity index (χ1n) is 7.42. The first kappa shape index (κ1) is 13.2. The normalized spacial score (nSPS) is 16.1. The van der Waals surface area contributed by atoms with E-state index in [0.29, 0.717) is 6.42 Å². The number of fused-ring (bicyclic) bond motifs is 2. The fourth-order valence-corrected chi connectivity index (χ4v) is 3.27. The highest BCUT2D eigenvalue weighted by Gasteiger charge is 2.18. The number of hydrogen-bond donors (Lipinski definition) is 2. The number of nitrogens with one attached hydrogen (secondary N) is 1. The molecule has 0 saturated heterocycles. The van der Waals surface area contributed by atoms with Crippen LogP contribution in [-0.2, 0) is 24.1 Å². The third-order valence-corrected chi connectivity index (χ3v) is 4.51. The minimum Gasteiger partial charge on any atom is -0.481 e. The molecule has 2 N–H and O–H groups in total. The minimum absolute atomic E-state index is 0.344. The summed E-state index contributed by atoms with van der Waals surface area (Å²) >= 11 is 0. The lowest BCUT2D eigenvalue weighted by atomic mass is 9.89. The molecule has 1 aromatic carbocycles. The Labute approximate surface area is 119 Å². The molecule has 0 radical (unpaired) electrons. The molecule has 0 spiro atoms. The van der Waals surface area contributed by atoms with Crippen LogP contribution in [0.2, 0.25) is 0 Å². The Balaban J connectivity index is 2.07. The number of carboxylic acid groups (broad SMARTS) is 1. The fourth-order valence-electron chi connectivity index (χ4n) is 3.27. The highest BCUT2D eigenvalue weighted by molar-refractivity contribution is 5.87. The van der Waals surface area contributed by atoms with Crippen LogP contribution in [0.1, 0.15) is 42.1 Å². The van der Waals surface area contributed by atoms with Crippen LogP contribution in [0.5, 0.6) is 0 Å². The third-order valence-electron chi connectivity index (χ3n) is 4.51. The molecule has 2 aromatic rings. The zero-order chi connectivity index (χ0) is 14.3. The first-order valence-corrected chi connectivity index (χ1v) is 7.42. The van der Waals surface area contributed by atoms with Crippen LogP contribution in [0.3, 0.4) is 0 Å². The van der Waals surface area contributed by atoms with Gasteiger partial charge in [-0.1, -0.05) is 6.92 Å². The summed E-state index contributed by atoms with van der Waals surface area (Å²) in [4.78, 5) is 14.5. The summed E-state index contributed by atoms with van der Waals surface area (Å²) < 4.78 is 0. The van der Waals surface area contributed by atoms with Crippen molar-refractivity contribution in [1.29, 1.82) is 0 Å². The number of aliphatic carboxylic acids is 1. The highest BCUT2D eigenvalue weighted by Crippen LogP contribution is 2.31. The molecule has 0 saturated carbocycles. The molecule has 3 nitrogen and oxygen atoms in total. The number of hydrogen-bond acceptors (Lipinski definition) is 1. The quantitative estimate of drug-likeness (QED) is 0.895. The molecule has 1 aliphatic rings. The topological polar surface area (TPSA) is 53.1 Å². The van der Waals surface area contributed by atoms with Crippen molar-refractivity contribution in [3.8, 4) is 0 Å². The van der Waals surface area contributed by atoms with E-state index >= 15 is 0 Å². The van der Waals surface area contributed by atoms with Gasteiger partial charge in [0.2, 0.25) is 0 Å². The summed E-state index contributed by atoms with van der Waals surface area (Å²) in [5, 5.41) is 10.3. The van der Waals surface area contributed by atoms with E-state index in [0.717, 1.165) is 17.6 Å². The van der Waals surface area contributed by atoms with Crippen molar-refractivity contribution in [2.75, 3.05) is 0 Å². The average Bonchev–Trinajstić information content (AvgIpc) is 2.72. The number of H-pyrrole nitrogens is 1. The summed E-state index contributed by atoms with van der Waals surface area (Å²) in [7, 11) is 0. The van der Waals surface area contributed by atoms with Crippen molar-refractivity contribution >= 4 is 16.9 Å². The van der Waals surface area contributed by atoms with Crippen LogP contribution in [0.15, 0.2) is 12.1 Å². The number of aryl methyl sites for hydroxylation is 3. The zero-order valence-electron chi connectivity index (χ0n) is 12.1. The van der Waals surface area contributed by atoms with Crippen molar-refractivity contribution in [1.82, 2.24) is 4.98 Å². The van der Waals surface area contributed by atoms with E-state index in [9.17, 15) is 4.79 Å². The molecule has 1 aliphatic carbocycles. The lowest BCUT2D eigenvalue weighted by Crippen LogP contribution is -2.12. The van der Waals surface area contributed by atoms with E-state index in [1.807, 2.05) is 6.92 Å². The van der Waals surface area contributed by atoms with Crippen LogP contribution >= 0.6 is 0 Å². The van der Waals surface area contributed by atoms with Crippen molar-refractivity contribution in [2.24, 2.45) is 5.92 Å². The molecule has 3 rings (SSSR count). The summed E-state index contributed by atoms with van der Waals surface area (Å²) in [6, 6.07) is 4.56. The van der Waals surface area contributed by atoms with Gasteiger partial charge in [0.1, 0.15) is 0 Å². The van der Waals surface area contributed by atoms with Crippen molar-refractivity contribution in [3.63, 3.8) is 0 Å². The molecule has 0 bridgehead atoms. The Morgan fingerprint density at radius 2 is 1.95 bits per heavy atom. The van der Waals surface area contributed by atoms with Gasteiger partial charge in [0.15, 0.2) is 0 Å². The SMILES string of the molecule is Cc1[nH]c2cc3c(cc2c1CC(C)C(=O)O)CCCC3. The number of aromatic nitrogens is 1. The Hall–Kier alpha value is -1.77. The molecule has 0 aliphatic heterocycles. The van der Waals surface area contributed by atoms with Gasteiger partial charge in [0.05, 0.1) is 5.92 Å². The van der Waals surface area contributed by atoms with Gasteiger partial charge in [-0.25, -0.2) is 0 Å². The Kier molecular flexibility index (Phi) is 3.28. The predicted molar refractivity (Wildman–Crippen MR) is 80.2 cm³/mol. The van der Waals surface area contributed by atoms with E-state index in [1.54, 1.807) is 6.92 Å². The van der Waals surface area contributed by atoms with E-state index in [4.69, 9.17) is 5.11 Å². The summed E-state index contributed by atoms with van der Waals surface area (Å²) in [6.45, 7) is 3.82. The minimum atomic E-state index is -0.725. The van der Waals surface area contributed by atoms with E-state index in [-0.39, 0.29) is 5.92 Å². The van der Waals surface area contributed by atoms with Gasteiger partial charge in [-0.3, -0.25) is 4.79 Å². The molecule has 1 aromatic heterocycles. The van der Waals surface area contributed by atoms with Crippen LogP contribution in [0.25, 0.3) is 10.9 Å². The van der Waals surface area contributed by atoms with Gasteiger partial charge >= 0.3 is 5.97 Å². The second kappa shape index (κ2) is 4.97. The number of benzene rings is 1. The molecule has 20 heavy (non-hydrogen) atoms. The van der Waals surface area contributed by atoms with Gasteiger partial charge in [-0.2, -0.15) is 0 Å². The fraction of sp³-hybridized carbons (Fsp3) is 0.471. The lowest BCUT2D eigenvalue weighted by Gasteiger charge is -2.16. The molecular formula is C17H21NO2. The maximum absolute atomic E-state index is 11.1. The lowest BCUT2D eigenvalue weighted by molar-refractivity contribution is -0.141. The third kappa shape index (κ3) is 2.21. The van der Waals surface area contributed by atoms with Gasteiger partial charge in [0.25, 0.3) is 0 Å². The smallest absolute Gasteiger partial charge is 0.306 e. The number of carboxylic acids is 1. The molecule has 1 atom stereocenters. The second-order valence-corrected chi connectivity index (χ2v) is 6.05. The van der Waals surface area contributed by atoms with E-state index < -0.39 is 5.97 Å². The Morgan fingerprint density at radius 3 is 2.60 bits per heavy atom. The second-order valence-electron chi connectivity index (χ2n) is 6.05. The monoisotopic (exact) mass is 271 g/mol. The molecule has 1 unspecified atom stereocenters. The van der Waals surface area contributed by atoms with Gasteiger partial charge in [0, 0.05) is 16.6 Å². The van der Waals surface area contributed by atoms with E-state index in [2.05, 4.69) is 17.1 Å². The highest BCUT2D eigenvalue weighted by atomic mass is 16.4. The maximum Gasteiger partial charge on any atom is 0.306 e. The van der Waals surface area contributed by atoms with E-state index in [1.165, 1.54) is 41.3 Å². The molecule has 0 amide bonds. The van der Waals surface area contributed by atoms with Gasteiger partial charge in [-0.05, 0) is 67.9 Å². The largest absolute Gasteiger partial charge is 0.481 e. The number of aromatic amines is 1. The summed E-state index contributed by atoms with van der Waals surface area (Å²) in [5.41, 5.74) is 6.35. The van der Waals surface area contributed by atoms with Crippen LogP contribution < -0.4 is 0 Å². The molecule has 3 heteroatoms. The van der Waals surface area contributed by atoms with Crippen molar-refractivity contribution in [3.05, 3.63) is 34.5 Å². The number of rotatable bonds is 3. The first-order chi connectivity index (χ1) is 9.56. The summed E-state index contributed by atoms with van der Waals surface area (Å²) in [5.74, 6) is -1.07. The number of carbonyl (C=O) groups is 1. The molecule has 0 fully saturated rings. The standard InChI is InChI=1S/C17H21NO2/c1-10(17(19)20)7-14-11(2)18-16-9-13-6-4-3-5-12(13)8-15(14)16/h8-10,18H,3-7H2,1-2H3,(H,19,20). The van der Waals surface area contributed by atoms with Gasteiger partial charge < -0.3 is 10.1 Å². The Bertz CT molecular complexity index is 669. The Morgan fingerprint density at radius 1 is 1.30 bits per heavy atom. The van der Waals surface area contributed by atoms with Crippen LogP contribution in [0.4, 0.5) is 0 Å². The zero-order valence-corrected chi connectivity index (χ0v) is 12.1.